The first-order chi connectivity index (χ1) is 8.54. The maximum atomic E-state index is 11.5. The largest absolute Gasteiger partial charge is 0.491 e. The lowest BCUT2D eigenvalue weighted by Crippen LogP contribution is -2.18. The van der Waals surface area contributed by atoms with Gasteiger partial charge in [-0.05, 0) is 37.0 Å². The van der Waals surface area contributed by atoms with E-state index in [2.05, 4.69) is 19.2 Å². The second kappa shape index (κ2) is 6.89. The first kappa shape index (κ1) is 14.4. The van der Waals surface area contributed by atoms with E-state index < -0.39 is 0 Å². The number of benzene rings is 1. The van der Waals surface area contributed by atoms with E-state index in [1.54, 1.807) is 25.2 Å². The van der Waals surface area contributed by atoms with Crippen molar-refractivity contribution in [2.75, 3.05) is 19.4 Å². The Hall–Kier alpha value is -1.71. The van der Waals surface area contributed by atoms with Gasteiger partial charge in [-0.25, -0.2) is 0 Å². The third-order valence-electron chi connectivity index (χ3n) is 2.69. The van der Waals surface area contributed by atoms with E-state index >= 15 is 0 Å². The Morgan fingerprint density at radius 3 is 2.78 bits per heavy atom. The fourth-order valence-electron chi connectivity index (χ4n) is 1.62. The topological polar surface area (TPSA) is 64.4 Å². The Kier molecular flexibility index (Phi) is 5.49. The zero-order valence-corrected chi connectivity index (χ0v) is 11.3. The van der Waals surface area contributed by atoms with Gasteiger partial charge in [0.15, 0.2) is 0 Å². The van der Waals surface area contributed by atoms with E-state index in [1.165, 1.54) is 0 Å². The molecular weight excluding hydrogens is 228 g/mol. The molecule has 3 N–H and O–H groups in total. The molecule has 0 aliphatic rings. The average molecular weight is 250 g/mol. The fourth-order valence-corrected chi connectivity index (χ4v) is 1.62. The second-order valence-corrected chi connectivity index (χ2v) is 4.72. The normalized spacial score (nSPS) is 10.4. The highest BCUT2D eigenvalue weighted by Gasteiger charge is 2.07. The molecule has 18 heavy (non-hydrogen) atoms. The van der Waals surface area contributed by atoms with Crippen LogP contribution in [-0.4, -0.2) is 19.6 Å². The van der Waals surface area contributed by atoms with Gasteiger partial charge in [-0.3, -0.25) is 4.79 Å². The smallest absolute Gasteiger partial charge is 0.251 e. The van der Waals surface area contributed by atoms with Gasteiger partial charge in [-0.1, -0.05) is 13.8 Å². The lowest BCUT2D eigenvalue weighted by molar-refractivity contribution is 0.0962. The van der Waals surface area contributed by atoms with E-state index in [4.69, 9.17) is 10.5 Å². The minimum Gasteiger partial charge on any atom is -0.491 e. The molecule has 0 aliphatic heterocycles. The standard InChI is InChI=1S/C14H22N2O2/c1-10(2)5-4-8-18-13-9-11(14(17)16-3)6-7-12(13)15/h6-7,9-10H,4-5,8,15H2,1-3H3,(H,16,17). The number of carbonyl (C=O) groups excluding carboxylic acids is 1. The molecule has 0 spiro atoms. The summed E-state index contributed by atoms with van der Waals surface area (Å²) in [6.07, 6.45) is 2.11. The van der Waals surface area contributed by atoms with E-state index in [0.717, 1.165) is 12.8 Å². The predicted molar refractivity (Wildman–Crippen MR) is 73.8 cm³/mol. The van der Waals surface area contributed by atoms with Crippen molar-refractivity contribution in [3.8, 4) is 5.75 Å². The van der Waals surface area contributed by atoms with Crippen LogP contribution in [0.3, 0.4) is 0 Å². The number of amides is 1. The van der Waals surface area contributed by atoms with Crippen molar-refractivity contribution in [1.29, 1.82) is 0 Å². The van der Waals surface area contributed by atoms with E-state index in [9.17, 15) is 4.79 Å². The molecule has 1 rings (SSSR count). The number of anilines is 1. The number of ether oxygens (including phenoxy) is 1. The zero-order chi connectivity index (χ0) is 13.5. The molecule has 4 heteroatoms. The van der Waals surface area contributed by atoms with Gasteiger partial charge in [0.1, 0.15) is 5.75 Å². The van der Waals surface area contributed by atoms with Gasteiger partial charge in [-0.2, -0.15) is 0 Å². The van der Waals surface area contributed by atoms with Crippen molar-refractivity contribution in [2.24, 2.45) is 5.92 Å². The number of nitrogen functional groups attached to an aromatic ring is 1. The van der Waals surface area contributed by atoms with E-state index in [0.29, 0.717) is 29.5 Å². The first-order valence-electron chi connectivity index (χ1n) is 6.29. The van der Waals surface area contributed by atoms with Crippen LogP contribution >= 0.6 is 0 Å². The van der Waals surface area contributed by atoms with E-state index in [1.807, 2.05) is 0 Å². The maximum Gasteiger partial charge on any atom is 0.251 e. The summed E-state index contributed by atoms with van der Waals surface area (Å²) < 4.78 is 5.62. The SMILES string of the molecule is CNC(=O)c1ccc(N)c(OCCCC(C)C)c1. The van der Waals surface area contributed by atoms with Crippen LogP contribution in [0, 0.1) is 5.92 Å². The number of nitrogens with one attached hydrogen (secondary N) is 1. The third-order valence-corrected chi connectivity index (χ3v) is 2.69. The van der Waals surface area contributed by atoms with Gasteiger partial charge < -0.3 is 15.8 Å². The molecular formula is C14H22N2O2. The summed E-state index contributed by atoms with van der Waals surface area (Å²) in [5.41, 5.74) is 6.94. The molecule has 0 atom stereocenters. The fraction of sp³-hybridized carbons (Fsp3) is 0.500. The number of rotatable bonds is 6. The van der Waals surface area contributed by atoms with Crippen LogP contribution in [0.1, 0.15) is 37.0 Å². The van der Waals surface area contributed by atoms with Crippen molar-refractivity contribution in [3.05, 3.63) is 23.8 Å². The number of hydrogen-bond acceptors (Lipinski definition) is 3. The Bertz CT molecular complexity index is 403. The molecule has 1 aromatic carbocycles. The molecule has 0 radical (unpaired) electrons. The number of carbonyl (C=O) groups is 1. The van der Waals surface area contributed by atoms with Crippen LogP contribution in [0.2, 0.25) is 0 Å². The van der Waals surface area contributed by atoms with E-state index in [-0.39, 0.29) is 5.91 Å². The zero-order valence-electron chi connectivity index (χ0n) is 11.3. The highest BCUT2D eigenvalue weighted by molar-refractivity contribution is 5.95. The molecule has 0 aromatic heterocycles. The molecule has 1 amide bonds. The minimum atomic E-state index is -0.137. The molecule has 0 aliphatic carbocycles. The summed E-state index contributed by atoms with van der Waals surface area (Å²) in [5.74, 6) is 1.12. The van der Waals surface area contributed by atoms with Crippen LogP contribution in [0.15, 0.2) is 18.2 Å². The molecule has 0 bridgehead atoms. The highest BCUT2D eigenvalue weighted by atomic mass is 16.5. The lowest BCUT2D eigenvalue weighted by Gasteiger charge is -2.11. The Morgan fingerprint density at radius 2 is 2.17 bits per heavy atom. The number of hydrogen-bond donors (Lipinski definition) is 2. The summed E-state index contributed by atoms with van der Waals surface area (Å²) in [5, 5.41) is 2.57. The van der Waals surface area contributed by atoms with Crippen LogP contribution < -0.4 is 15.8 Å². The molecule has 0 saturated heterocycles. The van der Waals surface area contributed by atoms with Crippen LogP contribution in [-0.2, 0) is 0 Å². The Morgan fingerprint density at radius 1 is 1.44 bits per heavy atom. The van der Waals surface area contributed by atoms with Crippen LogP contribution in [0.5, 0.6) is 5.75 Å². The molecule has 100 valence electrons. The summed E-state index contributed by atoms with van der Waals surface area (Å²) in [7, 11) is 1.60. The first-order valence-corrected chi connectivity index (χ1v) is 6.29. The van der Waals surface area contributed by atoms with Crippen LogP contribution in [0.25, 0.3) is 0 Å². The quantitative estimate of drug-likeness (QED) is 0.602. The maximum absolute atomic E-state index is 11.5. The molecule has 0 heterocycles. The molecule has 1 aromatic rings. The van der Waals surface area contributed by atoms with Gasteiger partial charge >= 0.3 is 0 Å². The van der Waals surface area contributed by atoms with Crippen molar-refractivity contribution in [1.82, 2.24) is 5.32 Å². The van der Waals surface area contributed by atoms with Crippen molar-refractivity contribution >= 4 is 11.6 Å². The van der Waals surface area contributed by atoms with Gasteiger partial charge in [0.05, 0.1) is 12.3 Å². The summed E-state index contributed by atoms with van der Waals surface area (Å²) in [6, 6.07) is 5.07. The summed E-state index contributed by atoms with van der Waals surface area (Å²) in [4.78, 5) is 11.5. The second-order valence-electron chi connectivity index (χ2n) is 4.72. The summed E-state index contributed by atoms with van der Waals surface area (Å²) >= 11 is 0. The van der Waals surface area contributed by atoms with Gasteiger partial charge in [0.2, 0.25) is 0 Å². The van der Waals surface area contributed by atoms with Crippen molar-refractivity contribution in [2.45, 2.75) is 26.7 Å². The summed E-state index contributed by atoms with van der Waals surface area (Å²) in [6.45, 7) is 4.99. The Balaban J connectivity index is 2.61. The minimum absolute atomic E-state index is 0.137. The monoisotopic (exact) mass is 250 g/mol. The molecule has 0 fully saturated rings. The molecule has 0 saturated carbocycles. The average Bonchev–Trinajstić information content (AvgIpc) is 2.35. The molecule has 0 unspecified atom stereocenters. The number of nitrogens with two attached hydrogens (primary N) is 1. The van der Waals surface area contributed by atoms with Gasteiger partial charge in [0.25, 0.3) is 5.91 Å². The van der Waals surface area contributed by atoms with Gasteiger partial charge in [0, 0.05) is 12.6 Å². The molecule has 4 nitrogen and oxygen atoms in total. The third kappa shape index (κ3) is 4.28. The lowest BCUT2D eigenvalue weighted by atomic mass is 10.1. The van der Waals surface area contributed by atoms with Gasteiger partial charge in [-0.15, -0.1) is 0 Å². The van der Waals surface area contributed by atoms with Crippen molar-refractivity contribution < 1.29 is 9.53 Å². The highest BCUT2D eigenvalue weighted by Crippen LogP contribution is 2.23. The van der Waals surface area contributed by atoms with Crippen LogP contribution in [0.4, 0.5) is 5.69 Å². The predicted octanol–water partition coefficient (Wildman–Crippen LogP) is 2.44. The Labute approximate surface area is 109 Å². The van der Waals surface area contributed by atoms with Crippen molar-refractivity contribution in [3.63, 3.8) is 0 Å².